The lowest BCUT2D eigenvalue weighted by atomic mass is 10.0. The van der Waals surface area contributed by atoms with Crippen molar-refractivity contribution < 1.29 is 14.3 Å². The predicted molar refractivity (Wildman–Crippen MR) is 79.1 cm³/mol. The van der Waals surface area contributed by atoms with Crippen molar-refractivity contribution in [2.75, 3.05) is 18.5 Å². The van der Waals surface area contributed by atoms with Crippen molar-refractivity contribution in [3.63, 3.8) is 0 Å². The Morgan fingerprint density at radius 1 is 1.50 bits per heavy atom. The quantitative estimate of drug-likeness (QED) is 0.679. The van der Waals surface area contributed by atoms with E-state index in [0.29, 0.717) is 21.9 Å². The third-order valence-electron chi connectivity index (χ3n) is 3.71. The molecule has 2 aromatic rings. The van der Waals surface area contributed by atoms with Gasteiger partial charge in [-0.05, 0) is 24.8 Å². The van der Waals surface area contributed by atoms with E-state index >= 15 is 0 Å². The molecule has 116 valence electrons. The largest absolute Gasteiger partial charge is 0.619 e. The first kappa shape index (κ1) is 14.5. The number of hydrogen-bond acceptors (Lipinski definition) is 4. The van der Waals surface area contributed by atoms with Gasteiger partial charge in [-0.1, -0.05) is 0 Å². The van der Waals surface area contributed by atoms with E-state index in [4.69, 9.17) is 4.74 Å². The van der Waals surface area contributed by atoms with E-state index < -0.39 is 0 Å². The summed E-state index contributed by atoms with van der Waals surface area (Å²) in [6.45, 7) is 2.43. The smallest absolute Gasteiger partial charge is 0.261 e. The Bertz CT molecular complexity index is 650. The van der Waals surface area contributed by atoms with Gasteiger partial charge in [-0.2, -0.15) is 9.83 Å². The number of anilines is 1. The van der Waals surface area contributed by atoms with Crippen LogP contribution in [0.15, 0.2) is 36.9 Å². The highest BCUT2D eigenvalue weighted by Gasteiger charge is 2.15. The summed E-state index contributed by atoms with van der Waals surface area (Å²) in [5, 5.41) is 18.2. The predicted octanol–water partition coefficient (Wildman–Crippen LogP) is 1.20. The van der Waals surface area contributed by atoms with E-state index in [9.17, 15) is 10.0 Å². The minimum Gasteiger partial charge on any atom is -0.619 e. The van der Waals surface area contributed by atoms with E-state index in [0.717, 1.165) is 32.6 Å². The van der Waals surface area contributed by atoms with Crippen LogP contribution in [0.25, 0.3) is 0 Å². The minimum atomic E-state index is -0.323. The Kier molecular flexibility index (Phi) is 4.34. The molecule has 1 fully saturated rings. The number of nitrogens with one attached hydrogen (secondary N) is 1. The topological polar surface area (TPSA) is 83.1 Å². The maximum Gasteiger partial charge on any atom is 0.261 e. The number of aromatic nitrogens is 3. The molecule has 0 unspecified atom stereocenters. The van der Waals surface area contributed by atoms with Gasteiger partial charge in [0.15, 0.2) is 12.4 Å². The first-order chi connectivity index (χ1) is 10.7. The van der Waals surface area contributed by atoms with Crippen molar-refractivity contribution in [3.8, 4) is 0 Å². The zero-order chi connectivity index (χ0) is 15.4. The fourth-order valence-corrected chi connectivity index (χ4v) is 2.51. The number of carbonyl (C=O) groups is 1. The van der Waals surface area contributed by atoms with Crippen molar-refractivity contribution in [2.45, 2.75) is 19.4 Å². The second kappa shape index (κ2) is 6.57. The highest BCUT2D eigenvalue weighted by Crippen LogP contribution is 2.17. The first-order valence-electron chi connectivity index (χ1n) is 7.31. The third kappa shape index (κ3) is 3.62. The van der Waals surface area contributed by atoms with Crippen LogP contribution in [0, 0.1) is 11.1 Å². The zero-order valence-corrected chi connectivity index (χ0v) is 12.1. The van der Waals surface area contributed by atoms with Crippen LogP contribution in [0.4, 0.5) is 5.69 Å². The average Bonchev–Trinajstić information content (AvgIpc) is 2.95. The molecule has 7 nitrogen and oxygen atoms in total. The highest BCUT2D eigenvalue weighted by molar-refractivity contribution is 6.03. The van der Waals surface area contributed by atoms with E-state index in [-0.39, 0.29) is 5.91 Å². The van der Waals surface area contributed by atoms with Gasteiger partial charge in [0.25, 0.3) is 5.91 Å². The van der Waals surface area contributed by atoms with E-state index in [1.807, 2.05) is 10.9 Å². The summed E-state index contributed by atoms with van der Waals surface area (Å²) >= 11 is 0. The van der Waals surface area contributed by atoms with Gasteiger partial charge < -0.3 is 15.3 Å². The number of pyridine rings is 1. The number of hydrogen-bond donors (Lipinski definition) is 1. The molecule has 2 aromatic heterocycles. The van der Waals surface area contributed by atoms with Crippen molar-refractivity contribution in [2.24, 2.45) is 5.92 Å². The van der Waals surface area contributed by atoms with Crippen LogP contribution < -0.4 is 10.0 Å². The molecule has 0 saturated carbocycles. The summed E-state index contributed by atoms with van der Waals surface area (Å²) in [6, 6.07) is 3.13. The summed E-state index contributed by atoms with van der Waals surface area (Å²) < 4.78 is 7.78. The molecule has 0 spiro atoms. The van der Waals surface area contributed by atoms with Crippen LogP contribution in [0.1, 0.15) is 23.2 Å². The first-order valence-corrected chi connectivity index (χ1v) is 7.31. The van der Waals surface area contributed by atoms with Crippen LogP contribution in [-0.4, -0.2) is 28.9 Å². The summed E-state index contributed by atoms with van der Waals surface area (Å²) in [5.41, 5.74) is 0.938. The molecule has 1 aliphatic heterocycles. The van der Waals surface area contributed by atoms with Gasteiger partial charge in [-0.3, -0.25) is 9.48 Å². The molecule has 1 N–H and O–H groups in total. The minimum absolute atomic E-state index is 0.315. The van der Waals surface area contributed by atoms with Gasteiger partial charge in [0.1, 0.15) is 5.56 Å². The normalized spacial score (nSPS) is 15.6. The number of nitrogens with zero attached hydrogens (tertiary/aromatic N) is 3. The second-order valence-corrected chi connectivity index (χ2v) is 5.41. The molecule has 0 aromatic carbocycles. The summed E-state index contributed by atoms with van der Waals surface area (Å²) in [7, 11) is 0. The van der Waals surface area contributed by atoms with Crippen molar-refractivity contribution in [3.05, 3.63) is 47.7 Å². The molecule has 3 heterocycles. The number of carbonyl (C=O) groups excluding carboxylic acids is 1. The molecule has 1 amide bonds. The Hall–Kier alpha value is -2.41. The van der Waals surface area contributed by atoms with E-state index in [1.54, 1.807) is 12.3 Å². The number of ether oxygens (including phenoxy) is 1. The molecule has 22 heavy (non-hydrogen) atoms. The van der Waals surface area contributed by atoms with Crippen molar-refractivity contribution in [1.29, 1.82) is 0 Å². The molecular formula is C15H18N4O3. The molecule has 7 heteroatoms. The maximum absolute atomic E-state index is 12.0. The molecule has 1 aliphatic rings. The average molecular weight is 302 g/mol. The lowest BCUT2D eigenvalue weighted by molar-refractivity contribution is -0.605. The molecule has 0 atom stereocenters. The van der Waals surface area contributed by atoms with Gasteiger partial charge in [0.2, 0.25) is 0 Å². The SMILES string of the molecule is O=C(Nc1cnn(CC2CCOCC2)c1)c1ccc[n+]([O-])c1. The molecule has 0 aliphatic carbocycles. The standard InChI is InChI=1S/C15H18N4O3/c20-15(13-2-1-5-19(21)10-13)17-14-8-16-18(11-14)9-12-3-6-22-7-4-12/h1-2,5,8,10-12H,3-4,6-7,9H2,(H,17,20). The van der Waals surface area contributed by atoms with Crippen LogP contribution in [0.2, 0.25) is 0 Å². The summed E-state index contributed by atoms with van der Waals surface area (Å²) in [6.07, 6.45) is 8.07. The van der Waals surface area contributed by atoms with Crippen LogP contribution >= 0.6 is 0 Å². The summed E-state index contributed by atoms with van der Waals surface area (Å²) in [5.74, 6) is 0.238. The molecule has 0 radical (unpaired) electrons. The Morgan fingerprint density at radius 2 is 2.32 bits per heavy atom. The van der Waals surface area contributed by atoms with Gasteiger partial charge >= 0.3 is 0 Å². The fraction of sp³-hybridized carbons (Fsp3) is 0.400. The molecular weight excluding hydrogens is 284 g/mol. The van der Waals surface area contributed by atoms with Gasteiger partial charge in [-0.15, -0.1) is 0 Å². The monoisotopic (exact) mass is 302 g/mol. The maximum atomic E-state index is 12.0. The Morgan fingerprint density at radius 3 is 3.09 bits per heavy atom. The number of amides is 1. The second-order valence-electron chi connectivity index (χ2n) is 5.41. The molecule has 1 saturated heterocycles. The van der Waals surface area contributed by atoms with Crippen molar-refractivity contribution >= 4 is 11.6 Å². The Balaban J connectivity index is 1.60. The van der Waals surface area contributed by atoms with Crippen LogP contribution in [-0.2, 0) is 11.3 Å². The third-order valence-corrected chi connectivity index (χ3v) is 3.71. The zero-order valence-electron chi connectivity index (χ0n) is 12.1. The lowest BCUT2D eigenvalue weighted by Crippen LogP contribution is -2.27. The highest BCUT2D eigenvalue weighted by atomic mass is 16.5. The van der Waals surface area contributed by atoms with Gasteiger partial charge in [-0.25, -0.2) is 0 Å². The van der Waals surface area contributed by atoms with Gasteiger partial charge in [0, 0.05) is 32.0 Å². The van der Waals surface area contributed by atoms with Crippen molar-refractivity contribution in [1.82, 2.24) is 9.78 Å². The van der Waals surface area contributed by atoms with Crippen LogP contribution in [0.3, 0.4) is 0 Å². The molecule has 3 rings (SSSR count). The van der Waals surface area contributed by atoms with E-state index in [1.165, 1.54) is 18.5 Å². The number of rotatable bonds is 4. The lowest BCUT2D eigenvalue weighted by Gasteiger charge is -2.21. The van der Waals surface area contributed by atoms with Crippen LogP contribution in [0.5, 0.6) is 0 Å². The fourth-order valence-electron chi connectivity index (χ4n) is 2.51. The molecule has 0 bridgehead atoms. The Labute approximate surface area is 128 Å². The van der Waals surface area contributed by atoms with Gasteiger partial charge in [0.05, 0.1) is 11.9 Å². The summed E-state index contributed by atoms with van der Waals surface area (Å²) in [4.78, 5) is 12.0. The van der Waals surface area contributed by atoms with E-state index in [2.05, 4.69) is 10.4 Å².